The minimum Gasteiger partial charge on any atom is -0.482 e. The molecule has 0 aliphatic carbocycles. The lowest BCUT2D eigenvalue weighted by molar-refractivity contribution is -0.139. The molecular formula is C23H18I2O3S. The lowest BCUT2D eigenvalue weighted by Crippen LogP contribution is -2.09. The fourth-order valence-electron chi connectivity index (χ4n) is 2.72. The van der Waals surface area contributed by atoms with Crippen molar-refractivity contribution in [3.05, 3.63) is 97.1 Å². The average molecular weight is 628 g/mol. The zero-order chi connectivity index (χ0) is 20.6. The highest BCUT2D eigenvalue weighted by molar-refractivity contribution is 14.1. The van der Waals surface area contributed by atoms with E-state index in [1.165, 1.54) is 20.3 Å². The van der Waals surface area contributed by atoms with Crippen LogP contribution in [0.1, 0.15) is 11.1 Å². The number of aliphatic carboxylic acids is 1. The molecule has 3 aromatic carbocycles. The number of carbonyl (C=O) groups is 1. The Balaban J connectivity index is 1.77. The molecule has 0 aromatic heterocycles. The maximum atomic E-state index is 10.6. The van der Waals surface area contributed by atoms with E-state index in [1.54, 1.807) is 11.8 Å². The highest BCUT2D eigenvalue weighted by Crippen LogP contribution is 2.30. The van der Waals surface area contributed by atoms with Gasteiger partial charge >= 0.3 is 5.97 Å². The molecule has 0 fully saturated rings. The molecule has 0 aliphatic heterocycles. The average Bonchev–Trinajstić information content (AvgIpc) is 2.71. The molecule has 0 heterocycles. The molecule has 0 bridgehead atoms. The van der Waals surface area contributed by atoms with Crippen molar-refractivity contribution < 1.29 is 14.6 Å². The molecule has 0 radical (unpaired) electrons. The van der Waals surface area contributed by atoms with Crippen molar-refractivity contribution in [1.82, 2.24) is 0 Å². The molecule has 3 nitrogen and oxygen atoms in total. The third-order valence-electron chi connectivity index (χ3n) is 4.01. The summed E-state index contributed by atoms with van der Waals surface area (Å²) in [5.74, 6) is 0.411. The first-order valence-electron chi connectivity index (χ1n) is 8.81. The van der Waals surface area contributed by atoms with Crippen LogP contribution in [0.25, 0.3) is 5.57 Å². The molecule has 0 amide bonds. The minimum atomic E-state index is -0.979. The van der Waals surface area contributed by atoms with E-state index >= 15 is 0 Å². The third kappa shape index (κ3) is 6.75. The van der Waals surface area contributed by atoms with Crippen LogP contribution in [0.3, 0.4) is 0 Å². The van der Waals surface area contributed by atoms with Gasteiger partial charge < -0.3 is 9.84 Å². The smallest absolute Gasteiger partial charge is 0.341 e. The van der Waals surface area contributed by atoms with Crippen molar-refractivity contribution in [2.24, 2.45) is 0 Å². The first-order chi connectivity index (χ1) is 14.0. The van der Waals surface area contributed by atoms with Gasteiger partial charge in [-0.25, -0.2) is 4.79 Å². The summed E-state index contributed by atoms with van der Waals surface area (Å²) in [7, 11) is 0. The maximum Gasteiger partial charge on any atom is 0.341 e. The zero-order valence-corrected chi connectivity index (χ0v) is 20.5. The molecule has 1 N–H and O–H groups in total. The fourth-order valence-corrected chi connectivity index (χ4v) is 5.01. The SMILES string of the molecule is O=C(O)COc1ccc(SC/C=C(/c2ccccc2)c2cccc(I)c2)c(I)c1. The number of ether oxygens (including phenoxy) is 1. The van der Waals surface area contributed by atoms with Crippen LogP contribution in [0.4, 0.5) is 0 Å². The second-order valence-corrected chi connectivity index (χ2v) is 9.55. The number of hydrogen-bond acceptors (Lipinski definition) is 3. The molecule has 3 aromatic rings. The van der Waals surface area contributed by atoms with E-state index in [9.17, 15) is 4.79 Å². The summed E-state index contributed by atoms with van der Waals surface area (Å²) in [4.78, 5) is 11.8. The van der Waals surface area contributed by atoms with Gasteiger partial charge in [-0.3, -0.25) is 0 Å². The summed E-state index contributed by atoms with van der Waals surface area (Å²) in [6.07, 6.45) is 2.26. The van der Waals surface area contributed by atoms with E-state index in [0.717, 1.165) is 14.2 Å². The van der Waals surface area contributed by atoms with E-state index in [4.69, 9.17) is 9.84 Å². The van der Waals surface area contributed by atoms with Crippen LogP contribution in [-0.4, -0.2) is 23.4 Å². The summed E-state index contributed by atoms with van der Waals surface area (Å²) < 4.78 is 7.50. The van der Waals surface area contributed by atoms with E-state index < -0.39 is 5.97 Å². The van der Waals surface area contributed by atoms with Gasteiger partial charge in [-0.05, 0) is 92.2 Å². The second kappa shape index (κ2) is 11.0. The van der Waals surface area contributed by atoms with Gasteiger partial charge in [0.1, 0.15) is 5.75 Å². The monoisotopic (exact) mass is 628 g/mol. The van der Waals surface area contributed by atoms with Gasteiger partial charge in [0.25, 0.3) is 0 Å². The summed E-state index contributed by atoms with van der Waals surface area (Å²) >= 11 is 6.34. The Kier molecular flexibility index (Phi) is 8.43. The first-order valence-corrected chi connectivity index (χ1v) is 12.0. The highest BCUT2D eigenvalue weighted by Gasteiger charge is 2.07. The molecule has 0 unspecified atom stereocenters. The van der Waals surface area contributed by atoms with Gasteiger partial charge in [0, 0.05) is 17.8 Å². The lowest BCUT2D eigenvalue weighted by Gasteiger charge is -2.10. The molecule has 148 valence electrons. The maximum absolute atomic E-state index is 10.6. The number of hydrogen-bond donors (Lipinski definition) is 1. The van der Waals surface area contributed by atoms with Gasteiger partial charge in [0.2, 0.25) is 0 Å². The molecule has 29 heavy (non-hydrogen) atoms. The van der Waals surface area contributed by atoms with Gasteiger partial charge in [0.05, 0.1) is 0 Å². The summed E-state index contributed by atoms with van der Waals surface area (Å²) in [6, 6.07) is 24.6. The molecule has 3 rings (SSSR count). The largest absolute Gasteiger partial charge is 0.482 e. The lowest BCUT2D eigenvalue weighted by atomic mass is 9.98. The number of halogens is 2. The van der Waals surface area contributed by atoms with Crippen molar-refractivity contribution in [3.8, 4) is 5.75 Å². The Labute approximate surface area is 201 Å². The van der Waals surface area contributed by atoms with Crippen LogP contribution < -0.4 is 4.74 Å². The van der Waals surface area contributed by atoms with Crippen molar-refractivity contribution >= 4 is 68.5 Å². The second-order valence-electron chi connectivity index (χ2n) is 6.08. The molecule has 0 saturated carbocycles. The van der Waals surface area contributed by atoms with Crippen molar-refractivity contribution in [1.29, 1.82) is 0 Å². The number of carboxylic acids is 1. The zero-order valence-electron chi connectivity index (χ0n) is 15.3. The van der Waals surface area contributed by atoms with E-state index in [0.29, 0.717) is 5.75 Å². The Bertz CT molecular complexity index is 1020. The number of carboxylic acid groups (broad SMARTS) is 1. The molecule has 0 atom stereocenters. The Morgan fingerprint density at radius 2 is 1.72 bits per heavy atom. The van der Waals surface area contributed by atoms with Gasteiger partial charge in [-0.1, -0.05) is 48.5 Å². The van der Waals surface area contributed by atoms with Crippen LogP contribution in [0.5, 0.6) is 5.75 Å². The van der Waals surface area contributed by atoms with Crippen LogP contribution in [0.2, 0.25) is 0 Å². The standard InChI is InChI=1S/C23H18I2O3S/c24-18-8-4-7-17(13-18)20(16-5-2-1-3-6-16)11-12-29-22-10-9-19(14-21(22)25)28-15-23(26)27/h1-11,13-14H,12,15H2,(H,26,27)/b20-11-. The van der Waals surface area contributed by atoms with Crippen molar-refractivity contribution in [3.63, 3.8) is 0 Å². The number of benzene rings is 3. The van der Waals surface area contributed by atoms with Gasteiger partial charge in [-0.2, -0.15) is 0 Å². The quantitative estimate of drug-likeness (QED) is 0.226. The molecular weight excluding hydrogens is 610 g/mol. The first kappa shape index (κ1) is 22.2. The van der Waals surface area contributed by atoms with Gasteiger partial charge in [-0.15, -0.1) is 11.8 Å². The summed E-state index contributed by atoms with van der Waals surface area (Å²) in [5.41, 5.74) is 3.62. The molecule has 0 saturated heterocycles. The number of thioether (sulfide) groups is 1. The minimum absolute atomic E-state index is 0.332. The van der Waals surface area contributed by atoms with Crippen LogP contribution in [0, 0.1) is 7.14 Å². The van der Waals surface area contributed by atoms with E-state index in [-0.39, 0.29) is 6.61 Å². The van der Waals surface area contributed by atoms with Crippen LogP contribution in [0.15, 0.2) is 83.8 Å². The molecule has 6 heteroatoms. The highest BCUT2D eigenvalue weighted by atomic mass is 127. The van der Waals surface area contributed by atoms with Crippen molar-refractivity contribution in [2.75, 3.05) is 12.4 Å². The predicted molar refractivity (Wildman–Crippen MR) is 136 cm³/mol. The van der Waals surface area contributed by atoms with Gasteiger partial charge in [0.15, 0.2) is 6.61 Å². The van der Waals surface area contributed by atoms with Crippen molar-refractivity contribution in [2.45, 2.75) is 4.90 Å². The molecule has 0 spiro atoms. The summed E-state index contributed by atoms with van der Waals surface area (Å²) in [6.45, 7) is -0.332. The van der Waals surface area contributed by atoms with E-state index in [1.807, 2.05) is 24.3 Å². The normalized spacial score (nSPS) is 11.3. The predicted octanol–water partition coefficient (Wildman–Crippen LogP) is 6.58. The summed E-state index contributed by atoms with van der Waals surface area (Å²) in [5, 5.41) is 8.73. The fraction of sp³-hybridized carbons (Fsp3) is 0.0870. The molecule has 0 aliphatic rings. The third-order valence-corrected chi connectivity index (χ3v) is 6.94. The number of rotatable bonds is 8. The Morgan fingerprint density at radius 1 is 0.966 bits per heavy atom. The topological polar surface area (TPSA) is 46.5 Å². The van der Waals surface area contributed by atoms with E-state index in [2.05, 4.69) is 99.8 Å². The Hall–Kier alpha value is -1.52. The Morgan fingerprint density at radius 3 is 2.41 bits per heavy atom. The van der Waals surface area contributed by atoms with Crippen LogP contribution in [-0.2, 0) is 4.79 Å². The van der Waals surface area contributed by atoms with Crippen LogP contribution >= 0.6 is 56.9 Å².